The van der Waals surface area contributed by atoms with Gasteiger partial charge in [0.15, 0.2) is 0 Å². The Balaban J connectivity index is 1.93. The van der Waals surface area contributed by atoms with Crippen LogP contribution in [-0.4, -0.2) is 26.8 Å². The summed E-state index contributed by atoms with van der Waals surface area (Å²) in [5.41, 5.74) is 3.01. The molecule has 0 aliphatic rings. The van der Waals surface area contributed by atoms with Crippen LogP contribution in [0.2, 0.25) is 0 Å². The average Bonchev–Trinajstić information content (AvgIpc) is 2.95. The van der Waals surface area contributed by atoms with Crippen molar-refractivity contribution in [3.8, 4) is 0 Å². The second kappa shape index (κ2) is 7.72. The number of nitrogens with one attached hydrogen (secondary N) is 1. The van der Waals surface area contributed by atoms with Crippen LogP contribution in [0.25, 0.3) is 0 Å². The Morgan fingerprint density at radius 1 is 1.23 bits per heavy atom. The van der Waals surface area contributed by atoms with Crippen LogP contribution in [0.4, 0.5) is 0 Å². The Hall–Kier alpha value is -2.63. The number of aromatic carboxylic acids is 1. The lowest BCUT2D eigenvalue weighted by Gasteiger charge is -2.19. The smallest absolute Gasteiger partial charge is 0.335 e. The molecule has 6 heteroatoms. The van der Waals surface area contributed by atoms with Crippen LogP contribution >= 0.6 is 0 Å². The van der Waals surface area contributed by atoms with Gasteiger partial charge in [-0.05, 0) is 58.7 Å². The van der Waals surface area contributed by atoms with Crippen molar-refractivity contribution in [2.24, 2.45) is 0 Å². The number of carboxylic acids is 1. The predicted octanol–water partition coefficient (Wildman–Crippen LogP) is 3.45. The van der Waals surface area contributed by atoms with Crippen molar-refractivity contribution in [3.05, 3.63) is 52.8 Å². The zero-order chi connectivity index (χ0) is 19.5. The van der Waals surface area contributed by atoms with Crippen LogP contribution in [0.3, 0.4) is 0 Å². The third-order valence-electron chi connectivity index (χ3n) is 4.31. The van der Waals surface area contributed by atoms with Gasteiger partial charge in [-0.25, -0.2) is 4.79 Å². The molecule has 2 aromatic rings. The molecule has 0 saturated heterocycles. The number of nitrogens with zero attached hydrogens (tertiary/aromatic N) is 2. The molecule has 140 valence electrons. The van der Waals surface area contributed by atoms with Crippen molar-refractivity contribution in [1.82, 2.24) is 15.1 Å². The minimum Gasteiger partial charge on any atom is -0.478 e. The zero-order valence-corrected chi connectivity index (χ0v) is 16.0. The molecule has 1 heterocycles. The molecule has 1 aromatic heterocycles. The van der Waals surface area contributed by atoms with Gasteiger partial charge in [-0.1, -0.05) is 12.1 Å². The van der Waals surface area contributed by atoms with Gasteiger partial charge >= 0.3 is 5.97 Å². The molecule has 1 amide bonds. The molecule has 2 N–H and O–H groups in total. The van der Waals surface area contributed by atoms with E-state index in [1.54, 1.807) is 24.3 Å². The van der Waals surface area contributed by atoms with Crippen LogP contribution in [-0.2, 0) is 16.8 Å². The van der Waals surface area contributed by atoms with E-state index in [-0.39, 0.29) is 23.1 Å². The Morgan fingerprint density at radius 3 is 2.35 bits per heavy atom. The van der Waals surface area contributed by atoms with E-state index in [2.05, 4.69) is 31.2 Å². The molecule has 0 bridgehead atoms. The van der Waals surface area contributed by atoms with Gasteiger partial charge in [0.05, 0.1) is 22.8 Å². The Kier molecular flexibility index (Phi) is 5.85. The van der Waals surface area contributed by atoms with E-state index in [9.17, 15) is 9.59 Å². The minimum absolute atomic E-state index is 0.0391. The van der Waals surface area contributed by atoms with Crippen molar-refractivity contribution in [2.75, 3.05) is 0 Å². The molecule has 1 unspecified atom stereocenters. The molecular weight excluding hydrogens is 330 g/mol. The fraction of sp³-hybridized carbons (Fsp3) is 0.450. The largest absolute Gasteiger partial charge is 0.478 e. The third kappa shape index (κ3) is 4.94. The van der Waals surface area contributed by atoms with Crippen molar-refractivity contribution in [3.63, 3.8) is 0 Å². The zero-order valence-electron chi connectivity index (χ0n) is 16.0. The standard InChI is InChI=1S/C20H27N3O3/c1-13(17-12-23(20(3,4)5)22-14(17)2)21-18(24)11-8-15-6-9-16(10-7-15)19(25)26/h6-7,9-10,12-13H,8,11H2,1-5H3,(H,21,24)(H,25,26). The number of carbonyl (C=O) groups excluding carboxylic acids is 1. The third-order valence-corrected chi connectivity index (χ3v) is 4.31. The van der Waals surface area contributed by atoms with E-state index >= 15 is 0 Å². The predicted molar refractivity (Wildman–Crippen MR) is 100 cm³/mol. The molecule has 0 saturated carbocycles. The van der Waals surface area contributed by atoms with E-state index in [1.807, 2.05) is 24.7 Å². The molecule has 0 aliphatic carbocycles. The molecule has 0 aliphatic heterocycles. The normalized spacial score (nSPS) is 12.7. The van der Waals surface area contributed by atoms with Gasteiger partial charge in [0.25, 0.3) is 0 Å². The molecule has 26 heavy (non-hydrogen) atoms. The van der Waals surface area contributed by atoms with Gasteiger partial charge < -0.3 is 10.4 Å². The first-order chi connectivity index (χ1) is 12.1. The second-order valence-corrected chi connectivity index (χ2v) is 7.58. The van der Waals surface area contributed by atoms with Gasteiger partial charge in [0.1, 0.15) is 0 Å². The van der Waals surface area contributed by atoms with Crippen LogP contribution in [0.5, 0.6) is 0 Å². The number of rotatable bonds is 6. The maximum atomic E-state index is 12.3. The fourth-order valence-corrected chi connectivity index (χ4v) is 2.71. The summed E-state index contributed by atoms with van der Waals surface area (Å²) in [5, 5.41) is 16.5. The second-order valence-electron chi connectivity index (χ2n) is 7.58. The molecular formula is C20H27N3O3. The van der Waals surface area contributed by atoms with Crippen molar-refractivity contribution < 1.29 is 14.7 Å². The number of aromatic nitrogens is 2. The maximum absolute atomic E-state index is 12.3. The summed E-state index contributed by atoms with van der Waals surface area (Å²) in [7, 11) is 0. The summed E-state index contributed by atoms with van der Waals surface area (Å²) in [6.45, 7) is 10.2. The number of hydrogen-bond acceptors (Lipinski definition) is 3. The van der Waals surface area contributed by atoms with Gasteiger partial charge in [-0.15, -0.1) is 0 Å². The van der Waals surface area contributed by atoms with Crippen LogP contribution in [0, 0.1) is 6.92 Å². The molecule has 0 radical (unpaired) electrons. The lowest BCUT2D eigenvalue weighted by Crippen LogP contribution is -2.27. The topological polar surface area (TPSA) is 84.2 Å². The van der Waals surface area contributed by atoms with E-state index < -0.39 is 5.97 Å². The molecule has 1 atom stereocenters. The summed E-state index contributed by atoms with van der Waals surface area (Å²) in [4.78, 5) is 23.1. The SMILES string of the molecule is Cc1nn(C(C)(C)C)cc1C(C)NC(=O)CCc1ccc(C(=O)O)cc1. The van der Waals surface area contributed by atoms with Crippen molar-refractivity contribution >= 4 is 11.9 Å². The van der Waals surface area contributed by atoms with E-state index in [0.717, 1.165) is 16.8 Å². The molecule has 1 aromatic carbocycles. The van der Waals surface area contributed by atoms with Gasteiger partial charge in [0.2, 0.25) is 5.91 Å². The van der Waals surface area contributed by atoms with Crippen LogP contribution in [0.15, 0.2) is 30.5 Å². The summed E-state index contributed by atoms with van der Waals surface area (Å²) in [6, 6.07) is 6.49. The monoisotopic (exact) mass is 357 g/mol. The highest BCUT2D eigenvalue weighted by atomic mass is 16.4. The molecule has 0 spiro atoms. The Bertz CT molecular complexity index is 786. The highest BCUT2D eigenvalue weighted by Gasteiger charge is 2.20. The Labute approximate surface area is 154 Å². The fourth-order valence-electron chi connectivity index (χ4n) is 2.71. The van der Waals surface area contributed by atoms with E-state index in [0.29, 0.717) is 12.8 Å². The van der Waals surface area contributed by atoms with E-state index in [1.165, 1.54) is 0 Å². The number of aryl methyl sites for hydroxylation is 2. The number of carboxylic acid groups (broad SMARTS) is 1. The quantitative estimate of drug-likeness (QED) is 0.829. The molecule has 6 nitrogen and oxygen atoms in total. The van der Waals surface area contributed by atoms with Gasteiger partial charge in [-0.2, -0.15) is 5.10 Å². The van der Waals surface area contributed by atoms with Crippen molar-refractivity contribution in [2.45, 2.75) is 59.0 Å². The van der Waals surface area contributed by atoms with Crippen molar-refractivity contribution in [1.29, 1.82) is 0 Å². The first-order valence-electron chi connectivity index (χ1n) is 8.76. The van der Waals surface area contributed by atoms with Crippen LogP contribution < -0.4 is 5.32 Å². The molecule has 2 rings (SSSR count). The summed E-state index contributed by atoms with van der Waals surface area (Å²) < 4.78 is 1.92. The lowest BCUT2D eigenvalue weighted by atomic mass is 10.1. The lowest BCUT2D eigenvalue weighted by molar-refractivity contribution is -0.121. The first kappa shape index (κ1) is 19.7. The minimum atomic E-state index is -0.950. The summed E-state index contributed by atoms with van der Waals surface area (Å²) in [5.74, 6) is -0.989. The van der Waals surface area contributed by atoms with Gasteiger partial charge in [-0.3, -0.25) is 9.48 Å². The average molecular weight is 357 g/mol. The van der Waals surface area contributed by atoms with Crippen LogP contribution in [0.1, 0.15) is 67.3 Å². The number of benzene rings is 1. The molecule has 0 fully saturated rings. The summed E-state index contributed by atoms with van der Waals surface area (Å²) >= 11 is 0. The highest BCUT2D eigenvalue weighted by Crippen LogP contribution is 2.21. The van der Waals surface area contributed by atoms with Gasteiger partial charge in [0, 0.05) is 18.2 Å². The first-order valence-corrected chi connectivity index (χ1v) is 8.76. The summed E-state index contributed by atoms with van der Waals surface area (Å²) in [6.07, 6.45) is 2.91. The Morgan fingerprint density at radius 2 is 1.85 bits per heavy atom. The number of hydrogen-bond donors (Lipinski definition) is 2. The van der Waals surface area contributed by atoms with E-state index in [4.69, 9.17) is 5.11 Å². The number of carbonyl (C=O) groups is 2. The maximum Gasteiger partial charge on any atom is 0.335 e. The highest BCUT2D eigenvalue weighted by molar-refractivity contribution is 5.87. The number of amides is 1.